The fourth-order valence-electron chi connectivity index (χ4n) is 5.91. The van der Waals surface area contributed by atoms with Crippen molar-refractivity contribution in [3.8, 4) is 0 Å². The van der Waals surface area contributed by atoms with Crippen molar-refractivity contribution in [1.82, 2.24) is 14.9 Å². The standard InChI is InChI=1S/C24H30N4/c1-17-6-9-20-22(17)23(26-16-25-20)28-15-24(19-4-2-3-5-21(19)28)10-12-27(13-11-24)14-18-7-8-18/h2-5,16-18H,6-15H2,1H3. The zero-order valence-corrected chi connectivity index (χ0v) is 16.9. The molecule has 1 saturated heterocycles. The van der Waals surface area contributed by atoms with Gasteiger partial charge >= 0.3 is 0 Å². The highest BCUT2D eigenvalue weighted by atomic mass is 15.2. The highest BCUT2D eigenvalue weighted by Crippen LogP contribution is 2.51. The van der Waals surface area contributed by atoms with E-state index in [1.807, 2.05) is 0 Å². The normalized spacial score (nSPS) is 25.9. The van der Waals surface area contributed by atoms with Crippen molar-refractivity contribution in [2.75, 3.05) is 31.1 Å². The summed E-state index contributed by atoms with van der Waals surface area (Å²) in [6.07, 6.45) is 9.55. The zero-order valence-electron chi connectivity index (χ0n) is 16.9. The quantitative estimate of drug-likeness (QED) is 0.796. The molecule has 4 aliphatic rings. The molecule has 3 heterocycles. The molecule has 2 aliphatic carbocycles. The Bertz CT molecular complexity index is 895. The number of hydrogen-bond acceptors (Lipinski definition) is 4. The minimum absolute atomic E-state index is 0.288. The van der Waals surface area contributed by atoms with Gasteiger partial charge in [0.1, 0.15) is 12.1 Å². The van der Waals surface area contributed by atoms with Crippen LogP contribution in [0, 0.1) is 5.92 Å². The molecule has 1 atom stereocenters. The lowest BCUT2D eigenvalue weighted by molar-refractivity contribution is 0.161. The van der Waals surface area contributed by atoms with Gasteiger partial charge < -0.3 is 9.80 Å². The lowest BCUT2D eigenvalue weighted by atomic mass is 9.74. The average molecular weight is 375 g/mol. The summed E-state index contributed by atoms with van der Waals surface area (Å²) >= 11 is 0. The molecule has 28 heavy (non-hydrogen) atoms. The van der Waals surface area contributed by atoms with Crippen molar-refractivity contribution in [3.05, 3.63) is 47.4 Å². The first kappa shape index (κ1) is 17.0. The molecule has 1 aromatic carbocycles. The van der Waals surface area contributed by atoms with Crippen molar-refractivity contribution in [3.63, 3.8) is 0 Å². The average Bonchev–Trinajstić information content (AvgIpc) is 3.39. The molecule has 0 bridgehead atoms. The molecule has 0 radical (unpaired) electrons. The van der Waals surface area contributed by atoms with Gasteiger partial charge in [0.2, 0.25) is 0 Å². The third kappa shape index (κ3) is 2.61. The highest BCUT2D eigenvalue weighted by Gasteiger charge is 2.46. The number of likely N-dealkylation sites (tertiary alicyclic amines) is 1. The molecule has 6 rings (SSSR count). The summed E-state index contributed by atoms with van der Waals surface area (Å²) in [7, 11) is 0. The summed E-state index contributed by atoms with van der Waals surface area (Å²) in [5.41, 5.74) is 5.91. The Balaban J connectivity index is 1.35. The molecule has 1 unspecified atom stereocenters. The monoisotopic (exact) mass is 374 g/mol. The molecular formula is C24H30N4. The number of anilines is 2. The fraction of sp³-hybridized carbons (Fsp3) is 0.583. The minimum Gasteiger partial charge on any atom is -0.325 e. The number of piperidine rings is 1. The Kier molecular flexibility index (Phi) is 3.81. The summed E-state index contributed by atoms with van der Waals surface area (Å²) in [4.78, 5) is 14.7. The zero-order chi connectivity index (χ0) is 18.7. The fourth-order valence-corrected chi connectivity index (χ4v) is 5.91. The molecule has 1 saturated carbocycles. The van der Waals surface area contributed by atoms with E-state index in [0.29, 0.717) is 5.92 Å². The summed E-state index contributed by atoms with van der Waals surface area (Å²) in [6.45, 7) is 7.25. The Hall–Kier alpha value is -1.94. The smallest absolute Gasteiger partial charge is 0.140 e. The van der Waals surface area contributed by atoms with Crippen LogP contribution in [-0.4, -0.2) is 41.0 Å². The Labute approximate surface area is 168 Å². The van der Waals surface area contributed by atoms with E-state index in [-0.39, 0.29) is 5.41 Å². The van der Waals surface area contributed by atoms with Crippen LogP contribution in [-0.2, 0) is 11.8 Å². The first-order chi connectivity index (χ1) is 13.7. The first-order valence-electron chi connectivity index (χ1n) is 11.2. The van der Waals surface area contributed by atoms with Crippen LogP contribution in [0.5, 0.6) is 0 Å². The maximum Gasteiger partial charge on any atom is 0.140 e. The van der Waals surface area contributed by atoms with Crippen molar-refractivity contribution >= 4 is 11.5 Å². The van der Waals surface area contributed by atoms with Gasteiger partial charge in [0.15, 0.2) is 0 Å². The van der Waals surface area contributed by atoms with Crippen LogP contribution in [0.3, 0.4) is 0 Å². The maximum atomic E-state index is 4.83. The SMILES string of the molecule is CC1CCc2ncnc(N3CC4(CCN(CC5CC5)CC4)c4ccccc43)c21. The van der Waals surface area contributed by atoms with Crippen LogP contribution in [0.1, 0.15) is 61.8 Å². The first-order valence-corrected chi connectivity index (χ1v) is 11.2. The van der Waals surface area contributed by atoms with Gasteiger partial charge in [-0.1, -0.05) is 25.1 Å². The molecule has 0 N–H and O–H groups in total. The highest BCUT2D eigenvalue weighted by molar-refractivity contribution is 5.73. The molecule has 4 nitrogen and oxygen atoms in total. The molecule has 0 amide bonds. The summed E-state index contributed by atoms with van der Waals surface area (Å²) < 4.78 is 0. The molecule has 1 spiro atoms. The van der Waals surface area contributed by atoms with Crippen LogP contribution < -0.4 is 4.90 Å². The van der Waals surface area contributed by atoms with Crippen LogP contribution in [0.25, 0.3) is 0 Å². The number of rotatable bonds is 3. The Morgan fingerprint density at radius 3 is 2.71 bits per heavy atom. The predicted molar refractivity (Wildman–Crippen MR) is 112 cm³/mol. The van der Waals surface area contributed by atoms with Crippen molar-refractivity contribution in [2.45, 2.75) is 56.8 Å². The summed E-state index contributed by atoms with van der Waals surface area (Å²) in [5, 5.41) is 0. The largest absolute Gasteiger partial charge is 0.325 e. The van der Waals surface area contributed by atoms with Gasteiger partial charge in [-0.05, 0) is 75.1 Å². The molecule has 2 fully saturated rings. The van der Waals surface area contributed by atoms with Crippen molar-refractivity contribution in [2.24, 2.45) is 5.92 Å². The maximum absolute atomic E-state index is 4.83. The summed E-state index contributed by atoms with van der Waals surface area (Å²) in [5.74, 6) is 2.74. The Morgan fingerprint density at radius 1 is 1.07 bits per heavy atom. The number of aromatic nitrogens is 2. The number of para-hydroxylation sites is 1. The van der Waals surface area contributed by atoms with Crippen molar-refractivity contribution < 1.29 is 0 Å². The number of nitrogens with zero attached hydrogens (tertiary/aromatic N) is 4. The molecule has 146 valence electrons. The second-order valence-corrected chi connectivity index (χ2v) is 9.62. The molecular weight excluding hydrogens is 344 g/mol. The van der Waals surface area contributed by atoms with Gasteiger partial charge in [0, 0.05) is 35.4 Å². The predicted octanol–water partition coefficient (Wildman–Crippen LogP) is 4.42. The lowest BCUT2D eigenvalue weighted by Crippen LogP contribution is -2.45. The van der Waals surface area contributed by atoms with Crippen LogP contribution in [0.4, 0.5) is 11.5 Å². The van der Waals surface area contributed by atoms with Gasteiger partial charge in [-0.2, -0.15) is 0 Å². The topological polar surface area (TPSA) is 32.3 Å². The number of hydrogen-bond donors (Lipinski definition) is 0. The van der Waals surface area contributed by atoms with Gasteiger partial charge in [0.05, 0.1) is 0 Å². The van der Waals surface area contributed by atoms with E-state index < -0.39 is 0 Å². The third-order valence-corrected chi connectivity index (χ3v) is 7.76. The van der Waals surface area contributed by atoms with E-state index in [4.69, 9.17) is 4.98 Å². The van der Waals surface area contributed by atoms with Gasteiger partial charge in [-0.3, -0.25) is 0 Å². The molecule has 2 aliphatic heterocycles. The number of benzene rings is 1. The van der Waals surface area contributed by atoms with Gasteiger partial charge in [-0.25, -0.2) is 9.97 Å². The van der Waals surface area contributed by atoms with Crippen LogP contribution in [0.15, 0.2) is 30.6 Å². The molecule has 1 aromatic heterocycles. The lowest BCUT2D eigenvalue weighted by Gasteiger charge is -2.40. The van der Waals surface area contributed by atoms with Crippen LogP contribution in [0.2, 0.25) is 0 Å². The number of fused-ring (bicyclic) bond motifs is 3. The second-order valence-electron chi connectivity index (χ2n) is 9.62. The van der Waals surface area contributed by atoms with E-state index in [0.717, 1.165) is 18.9 Å². The van der Waals surface area contributed by atoms with E-state index >= 15 is 0 Å². The van der Waals surface area contributed by atoms with E-state index in [9.17, 15) is 0 Å². The minimum atomic E-state index is 0.288. The summed E-state index contributed by atoms with van der Waals surface area (Å²) in [6, 6.07) is 9.12. The molecule has 2 aromatic rings. The van der Waals surface area contributed by atoms with E-state index in [2.05, 4.69) is 46.0 Å². The van der Waals surface area contributed by atoms with Gasteiger partial charge in [-0.15, -0.1) is 0 Å². The van der Waals surface area contributed by atoms with Crippen LogP contribution >= 0.6 is 0 Å². The van der Waals surface area contributed by atoms with E-state index in [1.165, 1.54) is 74.5 Å². The van der Waals surface area contributed by atoms with E-state index in [1.54, 1.807) is 11.9 Å². The third-order valence-electron chi connectivity index (χ3n) is 7.76. The van der Waals surface area contributed by atoms with Crippen molar-refractivity contribution in [1.29, 1.82) is 0 Å². The second kappa shape index (κ2) is 6.28. The Morgan fingerprint density at radius 2 is 1.89 bits per heavy atom. The number of aryl methyl sites for hydroxylation is 1. The van der Waals surface area contributed by atoms with Gasteiger partial charge in [0.25, 0.3) is 0 Å². The molecule has 4 heteroatoms.